The molecule has 0 fully saturated rings. The molecule has 0 saturated heterocycles. The Morgan fingerprint density at radius 2 is 1.95 bits per heavy atom. The van der Waals surface area contributed by atoms with Gasteiger partial charge in [0.1, 0.15) is 11.5 Å². The first kappa shape index (κ1) is 14.0. The van der Waals surface area contributed by atoms with E-state index in [4.69, 9.17) is 9.47 Å². The summed E-state index contributed by atoms with van der Waals surface area (Å²) >= 11 is 0. The van der Waals surface area contributed by atoms with Crippen molar-refractivity contribution < 1.29 is 9.47 Å². The molecule has 1 atom stereocenters. The van der Waals surface area contributed by atoms with Gasteiger partial charge in [0.2, 0.25) is 0 Å². The smallest absolute Gasteiger partial charge is 0.122 e. The van der Waals surface area contributed by atoms with Gasteiger partial charge in [0, 0.05) is 6.04 Å². The highest BCUT2D eigenvalue weighted by Gasteiger charge is 2.21. The van der Waals surface area contributed by atoms with Crippen LogP contribution in [-0.2, 0) is 12.8 Å². The standard InChI is InChI=1S/C18H21NO2/c1-20-15-8-7-13-9-10-19-17(16(13)12-15)11-14-5-3-4-6-18(14)21-2/h3-8,12,17,19H,9-11H2,1-2H3. The number of fused-ring (bicyclic) bond motifs is 1. The van der Waals surface area contributed by atoms with Gasteiger partial charge in [0.25, 0.3) is 0 Å². The van der Waals surface area contributed by atoms with Gasteiger partial charge < -0.3 is 14.8 Å². The van der Waals surface area contributed by atoms with Crippen LogP contribution in [0, 0.1) is 0 Å². The van der Waals surface area contributed by atoms with E-state index in [-0.39, 0.29) is 0 Å². The van der Waals surface area contributed by atoms with Gasteiger partial charge in [-0.05, 0) is 54.3 Å². The Labute approximate surface area is 125 Å². The van der Waals surface area contributed by atoms with Crippen molar-refractivity contribution >= 4 is 0 Å². The lowest BCUT2D eigenvalue weighted by atomic mass is 9.90. The molecule has 2 aromatic rings. The van der Waals surface area contributed by atoms with E-state index in [1.165, 1.54) is 16.7 Å². The normalized spacial score (nSPS) is 17.1. The van der Waals surface area contributed by atoms with E-state index in [0.717, 1.165) is 30.9 Å². The maximum absolute atomic E-state index is 5.47. The average Bonchev–Trinajstić information content (AvgIpc) is 2.55. The van der Waals surface area contributed by atoms with Crippen molar-refractivity contribution in [2.75, 3.05) is 20.8 Å². The minimum atomic E-state index is 0.306. The van der Waals surface area contributed by atoms with E-state index in [9.17, 15) is 0 Å². The molecule has 110 valence electrons. The highest BCUT2D eigenvalue weighted by Crippen LogP contribution is 2.31. The number of methoxy groups -OCH3 is 2. The molecular weight excluding hydrogens is 262 g/mol. The lowest BCUT2D eigenvalue weighted by Crippen LogP contribution is -2.31. The molecular formula is C18H21NO2. The predicted octanol–water partition coefficient (Wildman–Crippen LogP) is 3.13. The third-order valence-corrected chi connectivity index (χ3v) is 4.13. The van der Waals surface area contributed by atoms with Crippen LogP contribution in [0.3, 0.4) is 0 Å². The number of ether oxygens (including phenoxy) is 2. The van der Waals surface area contributed by atoms with Crippen LogP contribution in [0.5, 0.6) is 11.5 Å². The first-order valence-corrected chi connectivity index (χ1v) is 7.34. The summed E-state index contributed by atoms with van der Waals surface area (Å²) < 4.78 is 10.8. The average molecular weight is 283 g/mol. The van der Waals surface area contributed by atoms with Crippen molar-refractivity contribution in [3.63, 3.8) is 0 Å². The second-order valence-corrected chi connectivity index (χ2v) is 5.34. The fourth-order valence-corrected chi connectivity index (χ4v) is 3.02. The highest BCUT2D eigenvalue weighted by atomic mass is 16.5. The minimum Gasteiger partial charge on any atom is -0.497 e. The Kier molecular flexibility index (Phi) is 4.11. The quantitative estimate of drug-likeness (QED) is 0.935. The van der Waals surface area contributed by atoms with Gasteiger partial charge >= 0.3 is 0 Å². The van der Waals surface area contributed by atoms with Crippen molar-refractivity contribution in [1.82, 2.24) is 5.32 Å². The first-order chi connectivity index (χ1) is 10.3. The zero-order valence-corrected chi connectivity index (χ0v) is 12.6. The van der Waals surface area contributed by atoms with E-state index in [1.807, 2.05) is 18.2 Å². The van der Waals surface area contributed by atoms with Gasteiger partial charge in [-0.25, -0.2) is 0 Å². The molecule has 0 radical (unpaired) electrons. The van der Waals surface area contributed by atoms with Gasteiger partial charge in [0.05, 0.1) is 14.2 Å². The maximum Gasteiger partial charge on any atom is 0.122 e. The molecule has 21 heavy (non-hydrogen) atoms. The number of hydrogen-bond acceptors (Lipinski definition) is 3. The summed E-state index contributed by atoms with van der Waals surface area (Å²) in [6.45, 7) is 1.01. The Bertz CT molecular complexity index is 624. The Balaban J connectivity index is 1.91. The van der Waals surface area contributed by atoms with Crippen LogP contribution in [-0.4, -0.2) is 20.8 Å². The molecule has 1 N–H and O–H groups in total. The molecule has 3 rings (SSSR count). The van der Waals surface area contributed by atoms with E-state index in [0.29, 0.717) is 6.04 Å². The van der Waals surface area contributed by atoms with E-state index in [2.05, 4.69) is 29.6 Å². The number of benzene rings is 2. The van der Waals surface area contributed by atoms with Gasteiger partial charge in [-0.3, -0.25) is 0 Å². The molecule has 0 bridgehead atoms. The van der Waals surface area contributed by atoms with Crippen molar-refractivity contribution in [2.24, 2.45) is 0 Å². The molecule has 1 aliphatic rings. The number of nitrogens with one attached hydrogen (secondary N) is 1. The molecule has 1 aliphatic heterocycles. The number of para-hydroxylation sites is 1. The molecule has 0 aromatic heterocycles. The van der Waals surface area contributed by atoms with Crippen LogP contribution >= 0.6 is 0 Å². The van der Waals surface area contributed by atoms with Crippen LogP contribution in [0.1, 0.15) is 22.7 Å². The molecule has 3 nitrogen and oxygen atoms in total. The predicted molar refractivity (Wildman–Crippen MR) is 84.1 cm³/mol. The van der Waals surface area contributed by atoms with Gasteiger partial charge in [0.15, 0.2) is 0 Å². The van der Waals surface area contributed by atoms with Gasteiger partial charge in [-0.2, -0.15) is 0 Å². The van der Waals surface area contributed by atoms with Gasteiger partial charge in [-0.15, -0.1) is 0 Å². The topological polar surface area (TPSA) is 30.5 Å². The van der Waals surface area contributed by atoms with Crippen molar-refractivity contribution in [2.45, 2.75) is 18.9 Å². The lowest BCUT2D eigenvalue weighted by Gasteiger charge is -2.28. The van der Waals surface area contributed by atoms with Crippen LogP contribution in [0.25, 0.3) is 0 Å². The van der Waals surface area contributed by atoms with Crippen molar-refractivity contribution in [1.29, 1.82) is 0 Å². The Morgan fingerprint density at radius 3 is 2.76 bits per heavy atom. The summed E-state index contributed by atoms with van der Waals surface area (Å²) in [4.78, 5) is 0. The minimum absolute atomic E-state index is 0.306. The zero-order valence-electron chi connectivity index (χ0n) is 12.6. The fourth-order valence-electron chi connectivity index (χ4n) is 3.02. The molecule has 0 spiro atoms. The summed E-state index contributed by atoms with van der Waals surface area (Å²) in [5, 5.41) is 3.62. The van der Waals surface area contributed by atoms with Crippen LogP contribution in [0.4, 0.5) is 0 Å². The molecule has 3 heteroatoms. The second kappa shape index (κ2) is 6.19. The summed E-state index contributed by atoms with van der Waals surface area (Å²) in [5.41, 5.74) is 3.98. The summed E-state index contributed by atoms with van der Waals surface area (Å²) in [5.74, 6) is 1.87. The lowest BCUT2D eigenvalue weighted by molar-refractivity contribution is 0.401. The Morgan fingerprint density at radius 1 is 1.10 bits per heavy atom. The van der Waals surface area contributed by atoms with E-state index >= 15 is 0 Å². The number of hydrogen-bond donors (Lipinski definition) is 1. The molecule has 2 aromatic carbocycles. The molecule has 0 saturated carbocycles. The third kappa shape index (κ3) is 2.88. The molecule has 1 unspecified atom stereocenters. The van der Waals surface area contributed by atoms with Crippen molar-refractivity contribution in [3.05, 3.63) is 59.2 Å². The monoisotopic (exact) mass is 283 g/mol. The third-order valence-electron chi connectivity index (χ3n) is 4.13. The first-order valence-electron chi connectivity index (χ1n) is 7.34. The Hall–Kier alpha value is -2.00. The molecule has 0 aliphatic carbocycles. The largest absolute Gasteiger partial charge is 0.497 e. The second-order valence-electron chi connectivity index (χ2n) is 5.34. The van der Waals surface area contributed by atoms with Crippen LogP contribution in [0.2, 0.25) is 0 Å². The molecule has 1 heterocycles. The van der Waals surface area contributed by atoms with Crippen LogP contribution < -0.4 is 14.8 Å². The zero-order chi connectivity index (χ0) is 14.7. The number of rotatable bonds is 4. The fraction of sp³-hybridized carbons (Fsp3) is 0.333. The van der Waals surface area contributed by atoms with Crippen LogP contribution in [0.15, 0.2) is 42.5 Å². The summed E-state index contributed by atoms with van der Waals surface area (Å²) in [6, 6.07) is 14.9. The maximum atomic E-state index is 5.47. The van der Waals surface area contributed by atoms with E-state index in [1.54, 1.807) is 14.2 Å². The highest BCUT2D eigenvalue weighted by molar-refractivity contribution is 5.42. The SMILES string of the molecule is COc1ccc2c(c1)C(Cc1ccccc1OC)NCC2. The summed E-state index contributed by atoms with van der Waals surface area (Å²) in [7, 11) is 3.44. The summed E-state index contributed by atoms with van der Waals surface area (Å²) in [6.07, 6.45) is 1.99. The van der Waals surface area contributed by atoms with Gasteiger partial charge in [-0.1, -0.05) is 24.3 Å². The van der Waals surface area contributed by atoms with Crippen molar-refractivity contribution in [3.8, 4) is 11.5 Å². The van der Waals surface area contributed by atoms with E-state index < -0.39 is 0 Å². The molecule has 0 amide bonds.